The Bertz CT molecular complexity index is 1450. The highest BCUT2D eigenvalue weighted by atomic mass is 32.2. The molecule has 2 aliphatic rings. The van der Waals surface area contributed by atoms with E-state index in [1.165, 1.54) is 0 Å². The van der Waals surface area contributed by atoms with E-state index in [9.17, 15) is 4.79 Å². The predicted octanol–water partition coefficient (Wildman–Crippen LogP) is 6.28. The van der Waals surface area contributed by atoms with Gasteiger partial charge in [0.2, 0.25) is 5.91 Å². The molecule has 0 radical (unpaired) electrons. The summed E-state index contributed by atoms with van der Waals surface area (Å²) in [5, 5.41) is 6.24. The largest absolute Gasteiger partial charge is 0.361 e. The third-order valence-corrected chi connectivity index (χ3v) is 7.22. The zero-order valence-corrected chi connectivity index (χ0v) is 19.9. The number of anilines is 1. The average Bonchev–Trinajstić information content (AvgIpc) is 3.53. The van der Waals surface area contributed by atoms with Gasteiger partial charge in [0.15, 0.2) is 0 Å². The van der Waals surface area contributed by atoms with Gasteiger partial charge in [-0.1, -0.05) is 29.4 Å². The van der Waals surface area contributed by atoms with Crippen LogP contribution in [0.5, 0.6) is 0 Å². The minimum Gasteiger partial charge on any atom is -0.361 e. The molecule has 2 aromatic carbocycles. The molecule has 1 saturated heterocycles. The first-order valence-corrected chi connectivity index (χ1v) is 12.5. The highest BCUT2D eigenvalue weighted by Gasteiger charge is 2.37. The number of aromatic nitrogens is 3. The SMILES string of the molecule is Cc1noc(C)c1-c1ccc2c(c1)nc([C@@H]1CCC(=O)N1c1ccccc1)n2C1=CCSC=C1. The molecule has 6 rings (SSSR count). The number of carbonyl (C=O) groups excluding carboxylic acids is 1. The van der Waals surface area contributed by atoms with Gasteiger partial charge in [0.1, 0.15) is 11.6 Å². The molecule has 0 bridgehead atoms. The molecule has 0 N–H and O–H groups in total. The van der Waals surface area contributed by atoms with Gasteiger partial charge in [0, 0.05) is 29.1 Å². The normalized spacial score (nSPS) is 18.2. The maximum Gasteiger partial charge on any atom is 0.227 e. The lowest BCUT2D eigenvalue weighted by atomic mass is 10.0. The molecular formula is C27H24N4O2S. The first-order chi connectivity index (χ1) is 16.6. The van der Waals surface area contributed by atoms with E-state index in [1.807, 2.05) is 49.1 Å². The van der Waals surface area contributed by atoms with Crippen LogP contribution < -0.4 is 4.90 Å². The van der Waals surface area contributed by atoms with Crippen molar-refractivity contribution in [3.8, 4) is 11.1 Å². The number of hydrogen-bond donors (Lipinski definition) is 0. The summed E-state index contributed by atoms with van der Waals surface area (Å²) in [4.78, 5) is 20.0. The number of fused-ring (bicyclic) bond motifs is 1. The van der Waals surface area contributed by atoms with Crippen molar-refractivity contribution in [3.05, 3.63) is 83.4 Å². The molecule has 6 nitrogen and oxygen atoms in total. The van der Waals surface area contributed by atoms with Crippen molar-refractivity contribution in [2.75, 3.05) is 10.7 Å². The van der Waals surface area contributed by atoms with Crippen LogP contribution in [-0.4, -0.2) is 26.4 Å². The van der Waals surface area contributed by atoms with Gasteiger partial charge in [0.05, 0.1) is 22.8 Å². The Morgan fingerprint density at radius 3 is 2.71 bits per heavy atom. The van der Waals surface area contributed by atoms with Crippen LogP contribution in [0.3, 0.4) is 0 Å². The van der Waals surface area contributed by atoms with Crippen molar-refractivity contribution >= 4 is 40.1 Å². The maximum atomic E-state index is 13.0. The number of rotatable bonds is 4. The van der Waals surface area contributed by atoms with Crippen LogP contribution in [0.15, 0.2) is 70.6 Å². The molecule has 4 aromatic rings. The number of para-hydroxylation sites is 1. The molecule has 4 heterocycles. The van der Waals surface area contributed by atoms with Gasteiger partial charge in [-0.05, 0) is 67.7 Å². The second kappa shape index (κ2) is 8.33. The molecule has 1 fully saturated rings. The lowest BCUT2D eigenvalue weighted by Crippen LogP contribution is -2.29. The van der Waals surface area contributed by atoms with Crippen LogP contribution in [0.1, 0.15) is 36.2 Å². The van der Waals surface area contributed by atoms with E-state index in [4.69, 9.17) is 9.51 Å². The zero-order chi connectivity index (χ0) is 23.2. The van der Waals surface area contributed by atoms with Crippen LogP contribution in [0.25, 0.3) is 27.9 Å². The zero-order valence-electron chi connectivity index (χ0n) is 19.1. The quantitative estimate of drug-likeness (QED) is 0.353. The Balaban J connectivity index is 1.55. The van der Waals surface area contributed by atoms with E-state index >= 15 is 0 Å². The van der Waals surface area contributed by atoms with E-state index in [1.54, 1.807) is 11.8 Å². The molecule has 0 unspecified atom stereocenters. The minimum atomic E-state index is -0.131. The van der Waals surface area contributed by atoms with Gasteiger partial charge in [-0.15, -0.1) is 11.8 Å². The summed E-state index contributed by atoms with van der Waals surface area (Å²) in [5.41, 5.74) is 6.83. The standard InChI is InChI=1S/C27H24N4O2S/c1-17-26(18(2)33-29-17)19-8-9-23-22(16-19)28-27(31(23)21-12-14-34-15-13-21)24-10-11-25(32)30(24)20-6-4-3-5-7-20/h3-9,12-14,16,24H,10-11,15H2,1-2H3/t24-/m0/s1. The monoisotopic (exact) mass is 468 g/mol. The van der Waals surface area contributed by atoms with Crippen LogP contribution in [-0.2, 0) is 4.79 Å². The summed E-state index contributed by atoms with van der Waals surface area (Å²) in [7, 11) is 0. The first kappa shape index (κ1) is 21.0. The summed E-state index contributed by atoms with van der Waals surface area (Å²) in [6.45, 7) is 3.89. The third kappa shape index (κ3) is 3.39. The molecule has 0 aliphatic carbocycles. The van der Waals surface area contributed by atoms with Crippen LogP contribution in [0.4, 0.5) is 5.69 Å². The van der Waals surface area contributed by atoms with Gasteiger partial charge in [0.25, 0.3) is 0 Å². The van der Waals surface area contributed by atoms with Crippen molar-refractivity contribution in [2.45, 2.75) is 32.7 Å². The summed E-state index contributed by atoms with van der Waals surface area (Å²) >= 11 is 1.77. The fourth-order valence-corrected chi connectivity index (χ4v) is 5.64. The van der Waals surface area contributed by atoms with E-state index in [0.29, 0.717) is 6.42 Å². The number of carbonyl (C=O) groups is 1. The van der Waals surface area contributed by atoms with Crippen molar-refractivity contribution < 1.29 is 9.32 Å². The van der Waals surface area contributed by atoms with Gasteiger partial charge < -0.3 is 9.42 Å². The molecule has 0 spiro atoms. The minimum absolute atomic E-state index is 0.131. The number of allylic oxidation sites excluding steroid dienone is 2. The number of amides is 1. The molecule has 34 heavy (non-hydrogen) atoms. The fourth-order valence-electron chi connectivity index (χ4n) is 5.03. The Morgan fingerprint density at radius 1 is 1.12 bits per heavy atom. The Kier molecular flexibility index (Phi) is 5.14. The summed E-state index contributed by atoms with van der Waals surface area (Å²) < 4.78 is 7.63. The van der Waals surface area contributed by atoms with E-state index < -0.39 is 0 Å². The number of imidazole rings is 1. The summed E-state index contributed by atoms with van der Waals surface area (Å²) in [6, 6.07) is 16.1. The molecule has 1 amide bonds. The van der Waals surface area contributed by atoms with Gasteiger partial charge >= 0.3 is 0 Å². The van der Waals surface area contributed by atoms with Crippen LogP contribution in [0.2, 0.25) is 0 Å². The number of thioether (sulfide) groups is 1. The van der Waals surface area contributed by atoms with Crippen LogP contribution >= 0.6 is 11.8 Å². The predicted molar refractivity (Wildman–Crippen MR) is 136 cm³/mol. The average molecular weight is 469 g/mol. The van der Waals surface area contributed by atoms with Gasteiger partial charge in [-0.25, -0.2) is 4.98 Å². The smallest absolute Gasteiger partial charge is 0.227 e. The van der Waals surface area contributed by atoms with E-state index in [2.05, 4.69) is 45.5 Å². The lowest BCUT2D eigenvalue weighted by Gasteiger charge is -2.26. The second-order valence-electron chi connectivity index (χ2n) is 8.63. The number of hydrogen-bond acceptors (Lipinski definition) is 5. The third-order valence-electron chi connectivity index (χ3n) is 6.53. The molecule has 7 heteroatoms. The lowest BCUT2D eigenvalue weighted by molar-refractivity contribution is -0.117. The second-order valence-corrected chi connectivity index (χ2v) is 9.57. The van der Waals surface area contributed by atoms with Crippen LogP contribution in [0, 0.1) is 13.8 Å². The number of benzene rings is 2. The molecule has 2 aromatic heterocycles. The molecule has 2 aliphatic heterocycles. The Morgan fingerprint density at radius 2 is 1.97 bits per heavy atom. The van der Waals surface area contributed by atoms with Crippen molar-refractivity contribution in [1.82, 2.24) is 14.7 Å². The summed E-state index contributed by atoms with van der Waals surface area (Å²) in [6.07, 6.45) is 5.60. The Labute approximate surface area is 201 Å². The topological polar surface area (TPSA) is 64.2 Å². The van der Waals surface area contributed by atoms with E-state index in [0.717, 1.165) is 63.0 Å². The maximum absolute atomic E-state index is 13.0. The number of nitrogens with zero attached hydrogens (tertiary/aromatic N) is 4. The highest BCUT2D eigenvalue weighted by Crippen LogP contribution is 2.40. The first-order valence-electron chi connectivity index (χ1n) is 11.4. The van der Waals surface area contributed by atoms with Crippen molar-refractivity contribution in [3.63, 3.8) is 0 Å². The molecular weight excluding hydrogens is 444 g/mol. The molecule has 0 saturated carbocycles. The van der Waals surface area contributed by atoms with Crippen molar-refractivity contribution in [2.24, 2.45) is 0 Å². The van der Waals surface area contributed by atoms with Gasteiger partial charge in [-0.2, -0.15) is 0 Å². The molecule has 170 valence electrons. The van der Waals surface area contributed by atoms with Crippen molar-refractivity contribution in [1.29, 1.82) is 0 Å². The number of aryl methyl sites for hydroxylation is 2. The van der Waals surface area contributed by atoms with E-state index in [-0.39, 0.29) is 11.9 Å². The summed E-state index contributed by atoms with van der Waals surface area (Å²) in [5.74, 6) is 2.73. The Hall–Kier alpha value is -3.58. The molecule has 1 atom stereocenters. The van der Waals surface area contributed by atoms with Gasteiger partial charge in [-0.3, -0.25) is 9.36 Å². The fraction of sp³-hybridized carbons (Fsp3) is 0.222. The highest BCUT2D eigenvalue weighted by molar-refractivity contribution is 8.02.